The zero-order valence-corrected chi connectivity index (χ0v) is 11.8. The molecule has 0 heterocycles. The van der Waals surface area contributed by atoms with Crippen molar-refractivity contribution in [3.8, 4) is 5.75 Å². The highest BCUT2D eigenvalue weighted by atomic mass is 35.5. The highest BCUT2D eigenvalue weighted by Gasteiger charge is 2.14. The van der Waals surface area contributed by atoms with Crippen LogP contribution < -0.4 is 4.74 Å². The maximum atomic E-state index is 11.7. The molecule has 0 saturated heterocycles. The van der Waals surface area contributed by atoms with Crippen LogP contribution in [0.3, 0.4) is 0 Å². The van der Waals surface area contributed by atoms with E-state index in [0.29, 0.717) is 5.75 Å². The van der Waals surface area contributed by atoms with Crippen LogP contribution in [-0.2, 0) is 4.79 Å². The van der Waals surface area contributed by atoms with Gasteiger partial charge in [0.15, 0.2) is 11.5 Å². The van der Waals surface area contributed by atoms with Gasteiger partial charge in [0.25, 0.3) is 0 Å². The van der Waals surface area contributed by atoms with E-state index in [9.17, 15) is 9.59 Å². The second-order valence-electron chi connectivity index (χ2n) is 3.97. The Hall–Kier alpha value is -1.52. The summed E-state index contributed by atoms with van der Waals surface area (Å²) in [6.07, 6.45) is 1.58. The second kappa shape index (κ2) is 6.59. The molecule has 0 spiro atoms. The van der Waals surface area contributed by atoms with E-state index in [4.69, 9.17) is 33.0 Å². The molecule has 0 atom stereocenters. The minimum absolute atomic E-state index is 0.108. The third kappa shape index (κ3) is 4.58. The van der Waals surface area contributed by atoms with Gasteiger partial charge in [-0.15, -0.1) is 0 Å². The van der Waals surface area contributed by atoms with Crippen molar-refractivity contribution in [2.45, 2.75) is 20.0 Å². The number of ketones is 1. The van der Waals surface area contributed by atoms with Gasteiger partial charge >= 0.3 is 5.97 Å². The van der Waals surface area contributed by atoms with Crippen LogP contribution in [0.15, 0.2) is 24.3 Å². The Morgan fingerprint density at radius 2 is 1.74 bits per heavy atom. The first-order valence-electron chi connectivity index (χ1n) is 5.42. The summed E-state index contributed by atoms with van der Waals surface area (Å²) in [5, 5.41) is 8.85. The molecule has 102 valence electrons. The highest BCUT2D eigenvalue weighted by molar-refractivity contribution is 6.37. The van der Waals surface area contributed by atoms with Gasteiger partial charge in [-0.2, -0.15) is 0 Å². The average Bonchev–Trinajstić information content (AvgIpc) is 2.30. The molecule has 19 heavy (non-hydrogen) atoms. The first-order chi connectivity index (χ1) is 8.81. The first-order valence-corrected chi connectivity index (χ1v) is 6.18. The second-order valence-corrected chi connectivity index (χ2v) is 4.79. The molecule has 1 aromatic carbocycles. The van der Waals surface area contributed by atoms with Gasteiger partial charge in [0.1, 0.15) is 0 Å². The summed E-state index contributed by atoms with van der Waals surface area (Å²) in [5.41, 5.74) is 0.198. The summed E-state index contributed by atoms with van der Waals surface area (Å²) in [5.74, 6) is -1.40. The molecule has 0 aliphatic carbocycles. The first kappa shape index (κ1) is 15.5. The van der Waals surface area contributed by atoms with E-state index >= 15 is 0 Å². The summed E-state index contributed by atoms with van der Waals surface area (Å²) < 4.78 is 5.42. The fraction of sp³-hybridized carbons (Fsp3) is 0.231. The van der Waals surface area contributed by atoms with E-state index in [1.54, 1.807) is 0 Å². The van der Waals surface area contributed by atoms with Crippen LogP contribution in [0.25, 0.3) is 0 Å². The standard InChI is InChI=1S/C13H12Cl2O4/c1-7(2)19-13-9(14)5-8(6-10(13)15)11(16)3-4-12(17)18/h3-7H,1-2H3,(H,17,18)/b4-3+. The van der Waals surface area contributed by atoms with Crippen LogP contribution in [0.1, 0.15) is 24.2 Å². The minimum Gasteiger partial charge on any atom is -0.488 e. The number of benzene rings is 1. The van der Waals surface area contributed by atoms with Crippen molar-refractivity contribution in [2.24, 2.45) is 0 Å². The molecule has 4 nitrogen and oxygen atoms in total. The summed E-state index contributed by atoms with van der Waals surface area (Å²) in [6.45, 7) is 3.64. The largest absolute Gasteiger partial charge is 0.488 e. The lowest BCUT2D eigenvalue weighted by Gasteiger charge is -2.13. The molecule has 0 fully saturated rings. The Kier molecular flexibility index (Phi) is 5.39. The molecule has 0 radical (unpaired) electrons. The van der Waals surface area contributed by atoms with Gasteiger partial charge in [-0.3, -0.25) is 4.79 Å². The number of hydrogen-bond donors (Lipinski definition) is 1. The predicted octanol–water partition coefficient (Wildman–Crippen LogP) is 3.60. The molecule has 0 saturated carbocycles. The van der Waals surface area contributed by atoms with Gasteiger partial charge in [0, 0.05) is 11.6 Å². The zero-order chi connectivity index (χ0) is 14.6. The molecule has 1 rings (SSSR count). The molecular weight excluding hydrogens is 291 g/mol. The number of aliphatic carboxylic acids is 1. The van der Waals surface area contributed by atoms with Crippen molar-refractivity contribution >= 4 is 35.0 Å². The van der Waals surface area contributed by atoms with Gasteiger partial charge in [-0.25, -0.2) is 4.79 Å². The van der Waals surface area contributed by atoms with Crippen LogP contribution in [0.2, 0.25) is 10.0 Å². The van der Waals surface area contributed by atoms with Gasteiger partial charge in [-0.05, 0) is 32.1 Å². The third-order valence-corrected chi connectivity index (χ3v) is 2.58. The number of hydrogen-bond acceptors (Lipinski definition) is 3. The SMILES string of the molecule is CC(C)Oc1c(Cl)cc(C(=O)/C=C/C(=O)O)cc1Cl. The molecule has 0 aliphatic rings. The van der Waals surface area contributed by atoms with Gasteiger partial charge in [0.05, 0.1) is 16.1 Å². The zero-order valence-electron chi connectivity index (χ0n) is 10.3. The van der Waals surface area contributed by atoms with E-state index < -0.39 is 11.8 Å². The summed E-state index contributed by atoms with van der Waals surface area (Å²) in [4.78, 5) is 22.0. The highest BCUT2D eigenvalue weighted by Crippen LogP contribution is 2.35. The number of rotatable bonds is 5. The van der Waals surface area contributed by atoms with Gasteiger partial charge in [0.2, 0.25) is 0 Å². The number of carboxylic acids is 1. The quantitative estimate of drug-likeness (QED) is 0.666. The van der Waals surface area contributed by atoms with Crippen molar-refractivity contribution < 1.29 is 19.4 Å². The van der Waals surface area contributed by atoms with Crippen molar-refractivity contribution in [1.29, 1.82) is 0 Å². The van der Waals surface area contributed by atoms with Crippen LogP contribution in [-0.4, -0.2) is 23.0 Å². The van der Waals surface area contributed by atoms with Crippen molar-refractivity contribution in [3.05, 3.63) is 39.9 Å². The van der Waals surface area contributed by atoms with Crippen molar-refractivity contribution in [3.63, 3.8) is 0 Å². The normalized spacial score (nSPS) is 11.0. The van der Waals surface area contributed by atoms with Crippen LogP contribution in [0.5, 0.6) is 5.75 Å². The molecular formula is C13H12Cl2O4. The van der Waals surface area contributed by atoms with Crippen LogP contribution >= 0.6 is 23.2 Å². The molecule has 0 bridgehead atoms. The van der Waals surface area contributed by atoms with E-state index in [2.05, 4.69) is 0 Å². The van der Waals surface area contributed by atoms with E-state index in [0.717, 1.165) is 12.2 Å². The number of carbonyl (C=O) groups excluding carboxylic acids is 1. The number of halogens is 2. The van der Waals surface area contributed by atoms with Gasteiger partial charge < -0.3 is 9.84 Å². The lowest BCUT2D eigenvalue weighted by atomic mass is 10.1. The topological polar surface area (TPSA) is 63.6 Å². The fourth-order valence-corrected chi connectivity index (χ4v) is 1.87. The van der Waals surface area contributed by atoms with Crippen molar-refractivity contribution in [1.82, 2.24) is 0 Å². The molecule has 0 unspecified atom stereocenters. The maximum Gasteiger partial charge on any atom is 0.328 e. The molecule has 1 N–H and O–H groups in total. The lowest BCUT2D eigenvalue weighted by Crippen LogP contribution is -2.07. The molecule has 0 amide bonds. The Morgan fingerprint density at radius 1 is 1.21 bits per heavy atom. The summed E-state index contributed by atoms with van der Waals surface area (Å²) in [6, 6.07) is 2.78. The summed E-state index contributed by atoms with van der Waals surface area (Å²) >= 11 is 12.0. The van der Waals surface area contributed by atoms with Gasteiger partial charge in [-0.1, -0.05) is 23.2 Å². The fourth-order valence-electron chi connectivity index (χ4n) is 1.29. The monoisotopic (exact) mass is 302 g/mol. The average molecular weight is 303 g/mol. The predicted molar refractivity (Wildman–Crippen MR) is 73.3 cm³/mol. The number of ether oxygens (including phenoxy) is 1. The van der Waals surface area contributed by atoms with E-state index in [1.165, 1.54) is 12.1 Å². The molecule has 0 aliphatic heterocycles. The minimum atomic E-state index is -1.20. The third-order valence-electron chi connectivity index (χ3n) is 2.01. The van der Waals surface area contributed by atoms with Crippen LogP contribution in [0.4, 0.5) is 0 Å². The molecule has 6 heteroatoms. The van der Waals surface area contributed by atoms with Crippen LogP contribution in [0, 0.1) is 0 Å². The number of allylic oxidation sites excluding steroid dienone is 1. The Balaban J connectivity index is 3.07. The Morgan fingerprint density at radius 3 is 2.16 bits per heavy atom. The number of carbonyl (C=O) groups is 2. The Bertz CT molecular complexity index is 512. The molecule has 0 aromatic heterocycles. The number of carboxylic acid groups (broad SMARTS) is 1. The summed E-state index contributed by atoms with van der Waals surface area (Å²) in [7, 11) is 0. The maximum absolute atomic E-state index is 11.7. The van der Waals surface area contributed by atoms with E-state index in [-0.39, 0.29) is 21.7 Å². The Labute approximate surface area is 120 Å². The van der Waals surface area contributed by atoms with Crippen molar-refractivity contribution in [2.75, 3.05) is 0 Å². The lowest BCUT2D eigenvalue weighted by molar-refractivity contribution is -0.131. The smallest absolute Gasteiger partial charge is 0.328 e. The molecule has 1 aromatic rings. The van der Waals surface area contributed by atoms with E-state index in [1.807, 2.05) is 13.8 Å².